The Morgan fingerprint density at radius 1 is 1.28 bits per heavy atom. The lowest BCUT2D eigenvalue weighted by atomic mass is 10.1. The maximum absolute atomic E-state index is 11.7. The number of pyridine rings is 1. The molecule has 1 aromatic rings. The number of nitrogens with zero attached hydrogens (tertiary/aromatic N) is 1. The number of hydrogen-bond donors (Lipinski definition) is 5. The fourth-order valence-electron chi connectivity index (χ4n) is 2.00. The van der Waals surface area contributed by atoms with E-state index in [0.29, 0.717) is 5.82 Å². The number of aryl methyl sites for hydroxylation is 1. The van der Waals surface area contributed by atoms with Gasteiger partial charge in [-0.25, -0.2) is 9.78 Å². The van der Waals surface area contributed by atoms with Gasteiger partial charge in [0.1, 0.15) is 11.9 Å². The number of quaternary nitrogens is 1. The van der Waals surface area contributed by atoms with Gasteiger partial charge in [0.15, 0.2) is 0 Å². The number of hydrazine groups is 1. The van der Waals surface area contributed by atoms with Gasteiger partial charge in [0, 0.05) is 19.5 Å². The highest BCUT2D eigenvalue weighted by molar-refractivity contribution is 5.83. The molecule has 1 rings (SSSR count). The highest BCUT2D eigenvalue weighted by Crippen LogP contribution is 2.07. The number of carboxylic acids is 1. The standard InChI is InChI=1S/C16H24N4O4.H3N/c1-3-4-5-12-6-8-14(17-10-12)19-20-15(22)9-7-13(16(23)24)18-11(2)21;/h6,8,10,13H,3-5,7,9H2,1-2H3,(H,17,19)(H,18,21)(H,20,22)(H,23,24);1H3/p+1/t13-;/m0./s1. The second-order valence-corrected chi connectivity index (χ2v) is 5.46. The van der Waals surface area contributed by atoms with Crippen molar-refractivity contribution < 1.29 is 19.5 Å². The lowest BCUT2D eigenvalue weighted by molar-refractivity contribution is -0.141. The van der Waals surface area contributed by atoms with Crippen LogP contribution in [-0.2, 0) is 20.8 Å². The summed E-state index contributed by atoms with van der Waals surface area (Å²) in [6, 6.07) is 2.63. The van der Waals surface area contributed by atoms with Crippen molar-refractivity contribution in [2.45, 2.75) is 52.0 Å². The summed E-state index contributed by atoms with van der Waals surface area (Å²) in [5.41, 5.74) is 6.26. The van der Waals surface area contributed by atoms with Gasteiger partial charge in [0.2, 0.25) is 11.8 Å². The molecule has 0 bridgehead atoms. The number of carbonyl (C=O) groups is 3. The van der Waals surface area contributed by atoms with Crippen molar-refractivity contribution in [1.82, 2.24) is 21.9 Å². The SMILES string of the molecule is CCCCc1ccc(NNC(=O)CC[C@H](NC(C)=O)C(=O)O)nc1.[NH4+]. The van der Waals surface area contributed by atoms with E-state index in [1.165, 1.54) is 6.92 Å². The predicted octanol–water partition coefficient (Wildman–Crippen LogP) is 1.61. The van der Waals surface area contributed by atoms with E-state index in [-0.39, 0.29) is 24.9 Å². The van der Waals surface area contributed by atoms with Crippen LogP contribution in [0.5, 0.6) is 0 Å². The lowest BCUT2D eigenvalue weighted by Crippen LogP contribution is -2.41. The Bertz CT molecular complexity index is 562. The first-order chi connectivity index (χ1) is 11.4. The summed E-state index contributed by atoms with van der Waals surface area (Å²) in [6.45, 7) is 3.35. The first kappa shape index (κ1) is 22.3. The molecule has 140 valence electrons. The van der Waals surface area contributed by atoms with E-state index >= 15 is 0 Å². The minimum atomic E-state index is -1.17. The molecule has 0 aliphatic carbocycles. The van der Waals surface area contributed by atoms with Crippen LogP contribution in [-0.4, -0.2) is 33.9 Å². The summed E-state index contributed by atoms with van der Waals surface area (Å²) < 4.78 is 0. The van der Waals surface area contributed by atoms with E-state index in [4.69, 9.17) is 5.11 Å². The van der Waals surface area contributed by atoms with Crippen molar-refractivity contribution >= 4 is 23.6 Å². The number of rotatable bonds is 10. The summed E-state index contributed by atoms with van der Waals surface area (Å²) in [6.07, 6.45) is 4.90. The second kappa shape index (κ2) is 11.8. The number of amides is 2. The van der Waals surface area contributed by atoms with Gasteiger partial charge in [0.05, 0.1) is 0 Å². The monoisotopic (exact) mass is 354 g/mol. The molecular formula is C16H28N5O4+. The van der Waals surface area contributed by atoms with Crippen LogP contribution in [0, 0.1) is 0 Å². The smallest absolute Gasteiger partial charge is 0.326 e. The molecule has 0 radical (unpaired) electrons. The number of unbranched alkanes of at least 4 members (excludes halogenated alkanes) is 1. The highest BCUT2D eigenvalue weighted by atomic mass is 16.4. The van der Waals surface area contributed by atoms with Gasteiger partial charge >= 0.3 is 5.97 Å². The average Bonchev–Trinajstić information content (AvgIpc) is 2.55. The predicted molar refractivity (Wildman–Crippen MR) is 95.1 cm³/mol. The Labute approximate surface area is 147 Å². The third kappa shape index (κ3) is 9.26. The van der Waals surface area contributed by atoms with Crippen LogP contribution in [0.25, 0.3) is 0 Å². The summed E-state index contributed by atoms with van der Waals surface area (Å²) in [5.74, 6) is -1.51. The molecule has 25 heavy (non-hydrogen) atoms. The normalized spacial score (nSPS) is 11.0. The molecule has 8 N–H and O–H groups in total. The highest BCUT2D eigenvalue weighted by Gasteiger charge is 2.19. The van der Waals surface area contributed by atoms with Crippen LogP contribution in [0.15, 0.2) is 18.3 Å². The number of carbonyl (C=O) groups excluding carboxylic acids is 2. The Hall–Kier alpha value is -2.68. The Kier molecular flexibility index (Phi) is 10.5. The molecule has 1 atom stereocenters. The molecule has 0 unspecified atom stereocenters. The fourth-order valence-corrected chi connectivity index (χ4v) is 2.00. The third-order valence-corrected chi connectivity index (χ3v) is 3.31. The molecule has 1 heterocycles. The van der Waals surface area contributed by atoms with E-state index in [2.05, 4.69) is 28.1 Å². The Morgan fingerprint density at radius 3 is 2.52 bits per heavy atom. The zero-order chi connectivity index (χ0) is 17.9. The summed E-state index contributed by atoms with van der Waals surface area (Å²) in [7, 11) is 0. The Morgan fingerprint density at radius 2 is 2.00 bits per heavy atom. The van der Waals surface area contributed by atoms with Crippen LogP contribution < -0.4 is 22.3 Å². The molecule has 1 aromatic heterocycles. The molecule has 9 nitrogen and oxygen atoms in total. The number of anilines is 1. The molecule has 0 spiro atoms. The van der Waals surface area contributed by atoms with Gasteiger partial charge in [-0.2, -0.15) is 0 Å². The number of carboxylic acid groups (broad SMARTS) is 1. The first-order valence-electron chi connectivity index (χ1n) is 7.92. The number of hydrogen-bond acceptors (Lipinski definition) is 5. The van der Waals surface area contributed by atoms with Gasteiger partial charge in [-0.05, 0) is 30.9 Å². The largest absolute Gasteiger partial charge is 0.480 e. The van der Waals surface area contributed by atoms with Crippen molar-refractivity contribution in [3.63, 3.8) is 0 Å². The molecule has 0 aliphatic heterocycles. The number of nitrogens with one attached hydrogen (secondary N) is 3. The number of aliphatic carboxylic acids is 1. The van der Waals surface area contributed by atoms with Crippen molar-refractivity contribution in [1.29, 1.82) is 0 Å². The van der Waals surface area contributed by atoms with E-state index in [0.717, 1.165) is 24.8 Å². The van der Waals surface area contributed by atoms with Gasteiger partial charge in [-0.15, -0.1) is 0 Å². The van der Waals surface area contributed by atoms with Crippen LogP contribution in [0.4, 0.5) is 5.82 Å². The zero-order valence-corrected chi connectivity index (χ0v) is 15.0. The molecule has 2 amide bonds. The quantitative estimate of drug-likeness (QED) is 0.402. The van der Waals surface area contributed by atoms with Gasteiger partial charge in [-0.3, -0.25) is 20.4 Å². The zero-order valence-electron chi connectivity index (χ0n) is 15.0. The second-order valence-electron chi connectivity index (χ2n) is 5.46. The molecule has 0 aromatic carbocycles. The van der Waals surface area contributed by atoms with Crippen molar-refractivity contribution in [2.75, 3.05) is 5.43 Å². The van der Waals surface area contributed by atoms with E-state index in [1.54, 1.807) is 12.3 Å². The van der Waals surface area contributed by atoms with E-state index < -0.39 is 17.9 Å². The fraction of sp³-hybridized carbons (Fsp3) is 0.500. The minimum Gasteiger partial charge on any atom is -0.480 e. The van der Waals surface area contributed by atoms with Crippen LogP contribution in [0.1, 0.15) is 45.1 Å². The average molecular weight is 354 g/mol. The third-order valence-electron chi connectivity index (χ3n) is 3.31. The van der Waals surface area contributed by atoms with E-state index in [9.17, 15) is 14.4 Å². The summed E-state index contributed by atoms with van der Waals surface area (Å²) >= 11 is 0. The maximum atomic E-state index is 11.7. The van der Waals surface area contributed by atoms with E-state index in [1.807, 2.05) is 6.07 Å². The van der Waals surface area contributed by atoms with Gasteiger partial charge in [-0.1, -0.05) is 19.4 Å². The van der Waals surface area contributed by atoms with Crippen LogP contribution >= 0.6 is 0 Å². The van der Waals surface area contributed by atoms with Crippen molar-refractivity contribution in [2.24, 2.45) is 0 Å². The molecule has 0 saturated carbocycles. The molecule has 0 aliphatic rings. The topological polar surface area (TPSA) is 157 Å². The summed E-state index contributed by atoms with van der Waals surface area (Å²) in [5, 5.41) is 11.2. The molecule has 0 saturated heterocycles. The van der Waals surface area contributed by atoms with Crippen LogP contribution in [0.3, 0.4) is 0 Å². The van der Waals surface area contributed by atoms with Crippen molar-refractivity contribution in [3.05, 3.63) is 23.9 Å². The molecular weight excluding hydrogens is 326 g/mol. The molecule has 9 heteroatoms. The molecule has 0 fully saturated rings. The minimum absolute atomic E-state index is 0. The van der Waals surface area contributed by atoms with Gasteiger partial charge < -0.3 is 16.6 Å². The van der Waals surface area contributed by atoms with Crippen molar-refractivity contribution in [3.8, 4) is 0 Å². The lowest BCUT2D eigenvalue weighted by Gasteiger charge is -2.13. The number of aromatic nitrogens is 1. The Balaban J connectivity index is 0.00000576. The maximum Gasteiger partial charge on any atom is 0.326 e. The van der Waals surface area contributed by atoms with Gasteiger partial charge in [0.25, 0.3) is 0 Å². The van der Waals surface area contributed by atoms with Crippen LogP contribution in [0.2, 0.25) is 0 Å². The summed E-state index contributed by atoms with van der Waals surface area (Å²) in [4.78, 5) is 37.8. The first-order valence-corrected chi connectivity index (χ1v) is 7.92.